The Morgan fingerprint density at radius 3 is 2.48 bits per heavy atom. The normalized spacial score (nSPS) is 15.5. The fourth-order valence-corrected chi connectivity index (χ4v) is 3.28. The molecule has 0 spiro atoms. The highest BCUT2D eigenvalue weighted by atomic mass is 19.1. The van der Waals surface area contributed by atoms with Crippen molar-refractivity contribution in [3.63, 3.8) is 0 Å². The van der Waals surface area contributed by atoms with Crippen LogP contribution in [0.4, 0.5) is 13.2 Å². The molecule has 10 heteroatoms. The monoisotopic (exact) mass is 385 g/mol. The van der Waals surface area contributed by atoms with Gasteiger partial charge < -0.3 is 9.64 Å². The van der Waals surface area contributed by atoms with E-state index in [1.807, 2.05) is 0 Å². The third kappa shape index (κ3) is 3.56. The number of nitrogens with one attached hydrogen (secondary N) is 1. The number of aromatic amines is 1. The quantitative estimate of drug-likeness (QED) is 0.760. The molecule has 1 amide bonds. The summed E-state index contributed by atoms with van der Waals surface area (Å²) in [6.45, 7) is -1.45. The summed E-state index contributed by atoms with van der Waals surface area (Å²) in [7, 11) is 0. The van der Waals surface area contributed by atoms with E-state index in [0.717, 1.165) is 12.5 Å². The van der Waals surface area contributed by atoms with Crippen molar-refractivity contribution in [1.82, 2.24) is 14.5 Å². The lowest BCUT2D eigenvalue weighted by molar-refractivity contribution is -0.119. The molecule has 146 valence electrons. The van der Waals surface area contributed by atoms with E-state index in [2.05, 4.69) is 4.98 Å². The molecule has 27 heavy (non-hydrogen) atoms. The van der Waals surface area contributed by atoms with E-state index >= 15 is 0 Å². The van der Waals surface area contributed by atoms with Gasteiger partial charge in [0.25, 0.3) is 5.56 Å². The number of nitrogens with zero attached hydrogens (tertiary/aromatic N) is 2. The van der Waals surface area contributed by atoms with Gasteiger partial charge in [-0.1, -0.05) is 0 Å². The number of hydrogen-bond acceptors (Lipinski definition) is 4. The minimum atomic E-state index is -1.48. The number of carbonyl (C=O) groups is 1. The van der Waals surface area contributed by atoms with Crippen LogP contribution in [0.3, 0.4) is 0 Å². The zero-order chi connectivity index (χ0) is 19.6. The summed E-state index contributed by atoms with van der Waals surface area (Å²) in [4.78, 5) is 39.0. The summed E-state index contributed by atoms with van der Waals surface area (Å²) in [6.07, 6.45) is 0.172. The molecule has 1 fully saturated rings. The lowest BCUT2D eigenvalue weighted by Crippen LogP contribution is -2.39. The van der Waals surface area contributed by atoms with Gasteiger partial charge in [-0.2, -0.15) is 0 Å². The molecule has 0 bridgehead atoms. The van der Waals surface area contributed by atoms with E-state index in [4.69, 9.17) is 4.74 Å². The van der Waals surface area contributed by atoms with Crippen LogP contribution in [0.25, 0.3) is 10.9 Å². The maximum atomic E-state index is 14.8. The topological polar surface area (TPSA) is 84.4 Å². The van der Waals surface area contributed by atoms with E-state index in [1.54, 1.807) is 4.90 Å². The molecule has 0 atom stereocenters. The summed E-state index contributed by atoms with van der Waals surface area (Å²) >= 11 is 0. The average molecular weight is 385 g/mol. The first kappa shape index (κ1) is 19.0. The molecular weight excluding hydrogens is 367 g/mol. The third-order valence-electron chi connectivity index (χ3n) is 4.66. The maximum Gasteiger partial charge on any atom is 0.329 e. The molecule has 1 saturated heterocycles. The lowest BCUT2D eigenvalue weighted by Gasteiger charge is -2.31. The Bertz CT molecular complexity index is 947. The predicted octanol–water partition coefficient (Wildman–Crippen LogP) is 1.31. The Morgan fingerprint density at radius 1 is 1.22 bits per heavy atom. The number of ether oxygens (including phenoxy) is 1. The highest BCUT2D eigenvalue weighted by Crippen LogP contribution is 2.28. The van der Waals surface area contributed by atoms with E-state index in [-0.39, 0.29) is 11.6 Å². The van der Waals surface area contributed by atoms with E-state index < -0.39 is 47.7 Å². The molecule has 0 radical (unpaired) electrons. The van der Waals surface area contributed by atoms with Crippen LogP contribution in [0, 0.1) is 5.82 Å². The minimum absolute atomic E-state index is 0.0650. The number of piperidine rings is 1. The number of amides is 1. The molecule has 3 rings (SSSR count). The van der Waals surface area contributed by atoms with Gasteiger partial charge in [-0.25, -0.2) is 18.0 Å². The van der Waals surface area contributed by atoms with Crippen LogP contribution in [0.5, 0.6) is 5.75 Å². The summed E-state index contributed by atoms with van der Waals surface area (Å²) < 4.78 is 46.3. The molecule has 1 aromatic carbocycles. The maximum absolute atomic E-state index is 14.8. The van der Waals surface area contributed by atoms with Gasteiger partial charge in [0.1, 0.15) is 18.7 Å². The molecule has 1 aliphatic rings. The second-order valence-electron chi connectivity index (χ2n) is 6.32. The molecule has 2 heterocycles. The van der Waals surface area contributed by atoms with Gasteiger partial charge in [-0.15, -0.1) is 0 Å². The first-order chi connectivity index (χ1) is 13.0. The van der Waals surface area contributed by atoms with Gasteiger partial charge in [0.15, 0.2) is 17.7 Å². The van der Waals surface area contributed by atoms with Gasteiger partial charge in [0, 0.05) is 19.1 Å². The smallest absolute Gasteiger partial charge is 0.329 e. The number of aromatic nitrogens is 2. The fraction of sp³-hybridized carbons (Fsp3) is 0.471. The SMILES string of the molecule is O=CN1CCC(n2c(=O)[nH]c(=O)c3c(F)c(OC(CF)CF)ccc32)CC1. The third-order valence-corrected chi connectivity index (χ3v) is 4.66. The van der Waals surface area contributed by atoms with Crippen LogP contribution >= 0.6 is 0 Å². The molecule has 1 aromatic heterocycles. The van der Waals surface area contributed by atoms with E-state index in [9.17, 15) is 27.6 Å². The zero-order valence-electron chi connectivity index (χ0n) is 14.3. The number of alkyl halides is 2. The zero-order valence-corrected chi connectivity index (χ0v) is 14.3. The van der Waals surface area contributed by atoms with Gasteiger partial charge in [-0.05, 0) is 25.0 Å². The molecule has 7 nitrogen and oxygen atoms in total. The van der Waals surface area contributed by atoms with Crippen molar-refractivity contribution in [2.75, 3.05) is 26.4 Å². The predicted molar refractivity (Wildman–Crippen MR) is 91.1 cm³/mol. The molecule has 0 aliphatic carbocycles. The van der Waals surface area contributed by atoms with Crippen molar-refractivity contribution >= 4 is 17.3 Å². The molecule has 0 saturated carbocycles. The second kappa shape index (κ2) is 7.85. The van der Waals surface area contributed by atoms with Crippen LogP contribution in [0.1, 0.15) is 18.9 Å². The van der Waals surface area contributed by atoms with Crippen LogP contribution in [-0.2, 0) is 4.79 Å². The molecule has 1 aliphatic heterocycles. The first-order valence-electron chi connectivity index (χ1n) is 8.45. The van der Waals surface area contributed by atoms with Crippen LogP contribution in [0.2, 0.25) is 0 Å². The van der Waals surface area contributed by atoms with E-state index in [0.29, 0.717) is 25.9 Å². The number of halogens is 3. The van der Waals surface area contributed by atoms with Gasteiger partial charge in [0.2, 0.25) is 6.41 Å². The van der Waals surface area contributed by atoms with Crippen LogP contribution in [-0.4, -0.2) is 53.4 Å². The van der Waals surface area contributed by atoms with Crippen molar-refractivity contribution < 1.29 is 22.7 Å². The van der Waals surface area contributed by atoms with Crippen LogP contribution in [0.15, 0.2) is 21.7 Å². The van der Waals surface area contributed by atoms with Gasteiger partial charge in [0.05, 0.1) is 5.52 Å². The summed E-state index contributed by atoms with van der Waals surface area (Å²) in [5.74, 6) is -1.55. The Labute approximate surface area is 151 Å². The number of hydrogen-bond donors (Lipinski definition) is 1. The highest BCUT2D eigenvalue weighted by molar-refractivity contribution is 5.80. The number of benzene rings is 1. The Morgan fingerprint density at radius 2 is 1.89 bits per heavy atom. The summed E-state index contributed by atoms with van der Waals surface area (Å²) in [5, 5.41) is -0.415. The number of rotatable bonds is 6. The fourth-order valence-electron chi connectivity index (χ4n) is 3.28. The number of likely N-dealkylation sites (tertiary alicyclic amines) is 1. The van der Waals surface area contributed by atoms with Gasteiger partial charge >= 0.3 is 5.69 Å². The minimum Gasteiger partial charge on any atom is -0.482 e. The molecule has 2 aromatic rings. The number of fused-ring (bicyclic) bond motifs is 1. The van der Waals surface area contributed by atoms with Gasteiger partial charge in [-0.3, -0.25) is 19.1 Å². The summed E-state index contributed by atoms with van der Waals surface area (Å²) in [5.41, 5.74) is -1.57. The largest absolute Gasteiger partial charge is 0.482 e. The second-order valence-corrected chi connectivity index (χ2v) is 6.32. The van der Waals surface area contributed by atoms with Crippen molar-refractivity contribution in [1.29, 1.82) is 0 Å². The van der Waals surface area contributed by atoms with Crippen molar-refractivity contribution in [3.8, 4) is 5.75 Å². The Kier molecular flexibility index (Phi) is 5.52. The standard InChI is InChI=1S/C17H18F3N3O4/c18-7-11(8-19)27-13-2-1-12-14(15(13)20)16(25)21-17(26)23(12)10-3-5-22(9-24)6-4-10/h1-2,9-11H,3-8H2,(H,21,25,26). The average Bonchev–Trinajstić information content (AvgIpc) is 2.67. The number of H-pyrrole nitrogens is 1. The Balaban J connectivity index is 2.08. The van der Waals surface area contributed by atoms with Crippen molar-refractivity contribution in [3.05, 3.63) is 38.8 Å². The lowest BCUT2D eigenvalue weighted by atomic mass is 10.0. The van der Waals surface area contributed by atoms with Crippen LogP contribution < -0.4 is 16.0 Å². The molecule has 0 unspecified atom stereocenters. The molecular formula is C17H18F3N3O4. The van der Waals surface area contributed by atoms with Crippen molar-refractivity contribution in [2.24, 2.45) is 0 Å². The summed E-state index contributed by atoms with van der Waals surface area (Å²) in [6, 6.07) is 2.14. The highest BCUT2D eigenvalue weighted by Gasteiger charge is 2.25. The van der Waals surface area contributed by atoms with Crippen molar-refractivity contribution in [2.45, 2.75) is 25.0 Å². The Hall–Kier alpha value is -2.78. The van der Waals surface area contributed by atoms with E-state index in [1.165, 1.54) is 10.6 Å². The number of carbonyl (C=O) groups excluding carboxylic acids is 1. The first-order valence-corrected chi connectivity index (χ1v) is 8.45. The molecule has 1 N–H and O–H groups in total.